The van der Waals surface area contributed by atoms with Crippen LogP contribution in [0.2, 0.25) is 0 Å². The standard InChI is InChI=1S/C17H27N7O.HI/c1-2-18-16(22-9-8-19-15(25)14-4-5-14)23-10-12-24(13-11-23)17-20-6-3-7-21-17;/h3,6-7,14H,2,4-5,8-13H2,1H3,(H,18,22)(H,19,25);1H. The van der Waals surface area contributed by atoms with Gasteiger partial charge in [-0.3, -0.25) is 9.79 Å². The lowest BCUT2D eigenvalue weighted by molar-refractivity contribution is -0.122. The van der Waals surface area contributed by atoms with E-state index in [2.05, 4.69) is 42.3 Å². The number of rotatable bonds is 6. The van der Waals surface area contributed by atoms with Crippen LogP contribution in [0.1, 0.15) is 19.8 Å². The maximum Gasteiger partial charge on any atom is 0.225 e. The first-order valence-corrected chi connectivity index (χ1v) is 9.11. The van der Waals surface area contributed by atoms with Crippen molar-refractivity contribution in [1.82, 2.24) is 25.5 Å². The van der Waals surface area contributed by atoms with Crippen LogP contribution >= 0.6 is 24.0 Å². The highest BCUT2D eigenvalue weighted by Crippen LogP contribution is 2.28. The molecule has 0 aromatic carbocycles. The molecule has 1 aromatic rings. The minimum atomic E-state index is 0. The molecule has 0 unspecified atom stereocenters. The summed E-state index contributed by atoms with van der Waals surface area (Å²) in [7, 11) is 0. The van der Waals surface area contributed by atoms with Gasteiger partial charge in [-0.05, 0) is 25.8 Å². The van der Waals surface area contributed by atoms with Crippen molar-refractivity contribution in [2.75, 3.05) is 50.7 Å². The van der Waals surface area contributed by atoms with Gasteiger partial charge in [-0.15, -0.1) is 24.0 Å². The maximum atomic E-state index is 11.6. The van der Waals surface area contributed by atoms with Crippen LogP contribution in [0.15, 0.2) is 23.5 Å². The summed E-state index contributed by atoms with van der Waals surface area (Å²) in [5.41, 5.74) is 0. The second-order valence-corrected chi connectivity index (χ2v) is 6.32. The lowest BCUT2D eigenvalue weighted by Crippen LogP contribution is -2.53. The number of halogens is 1. The number of nitrogens with zero attached hydrogens (tertiary/aromatic N) is 5. The van der Waals surface area contributed by atoms with Crippen LogP contribution in [0.3, 0.4) is 0 Å². The number of guanidine groups is 1. The Hall–Kier alpha value is -1.65. The van der Waals surface area contributed by atoms with E-state index < -0.39 is 0 Å². The highest BCUT2D eigenvalue weighted by molar-refractivity contribution is 14.0. The Morgan fingerprint density at radius 3 is 2.50 bits per heavy atom. The van der Waals surface area contributed by atoms with Gasteiger partial charge in [0.25, 0.3) is 0 Å². The molecule has 3 rings (SSSR count). The van der Waals surface area contributed by atoms with Gasteiger partial charge in [0, 0.05) is 57.6 Å². The Kier molecular flexibility index (Phi) is 8.33. The molecule has 2 aliphatic rings. The highest BCUT2D eigenvalue weighted by Gasteiger charge is 2.29. The SMILES string of the molecule is CCNC(=NCCNC(=O)C1CC1)N1CCN(c2ncccn2)CC1.I. The summed E-state index contributed by atoms with van der Waals surface area (Å²) in [5.74, 6) is 2.13. The number of carbonyl (C=O) groups excluding carboxylic acids is 1. The number of aliphatic imine (C=N–C) groups is 1. The molecule has 1 saturated carbocycles. The minimum Gasteiger partial charge on any atom is -0.357 e. The molecule has 9 heteroatoms. The normalized spacial score (nSPS) is 17.5. The molecule has 2 N–H and O–H groups in total. The second-order valence-electron chi connectivity index (χ2n) is 6.32. The third-order valence-corrected chi connectivity index (χ3v) is 4.37. The van der Waals surface area contributed by atoms with Gasteiger partial charge in [0.2, 0.25) is 11.9 Å². The maximum absolute atomic E-state index is 11.6. The van der Waals surface area contributed by atoms with Gasteiger partial charge < -0.3 is 20.4 Å². The lowest BCUT2D eigenvalue weighted by atomic mass is 10.3. The van der Waals surface area contributed by atoms with Crippen LogP contribution in [0, 0.1) is 5.92 Å². The van der Waals surface area contributed by atoms with Crippen LogP contribution in [-0.4, -0.2) is 72.5 Å². The largest absolute Gasteiger partial charge is 0.357 e. The van der Waals surface area contributed by atoms with Crippen molar-refractivity contribution in [3.63, 3.8) is 0 Å². The Balaban J connectivity index is 0.00000243. The number of hydrogen-bond acceptors (Lipinski definition) is 5. The molecule has 1 saturated heterocycles. The van der Waals surface area contributed by atoms with Gasteiger partial charge in [-0.1, -0.05) is 0 Å². The lowest BCUT2D eigenvalue weighted by Gasteiger charge is -2.36. The number of amides is 1. The van der Waals surface area contributed by atoms with Crippen molar-refractivity contribution >= 4 is 41.8 Å². The molecule has 0 radical (unpaired) electrons. The van der Waals surface area contributed by atoms with Crippen LogP contribution in [0.4, 0.5) is 5.95 Å². The minimum absolute atomic E-state index is 0. The Morgan fingerprint density at radius 1 is 1.19 bits per heavy atom. The van der Waals surface area contributed by atoms with Crippen molar-refractivity contribution in [2.24, 2.45) is 10.9 Å². The van der Waals surface area contributed by atoms with Gasteiger partial charge in [-0.2, -0.15) is 0 Å². The van der Waals surface area contributed by atoms with E-state index >= 15 is 0 Å². The topological polar surface area (TPSA) is 85.8 Å². The molecule has 144 valence electrons. The number of hydrogen-bond donors (Lipinski definition) is 2. The molecule has 1 aliphatic carbocycles. The number of nitrogens with one attached hydrogen (secondary N) is 2. The Morgan fingerprint density at radius 2 is 1.88 bits per heavy atom. The molecule has 2 fully saturated rings. The first kappa shape index (κ1) is 20.7. The average Bonchev–Trinajstić information content (AvgIpc) is 3.50. The number of piperazine rings is 1. The van der Waals surface area contributed by atoms with Crippen molar-refractivity contribution in [3.8, 4) is 0 Å². The molecular formula is C17H28IN7O. The van der Waals surface area contributed by atoms with E-state index in [1.165, 1.54) is 0 Å². The fourth-order valence-electron chi connectivity index (χ4n) is 2.83. The summed E-state index contributed by atoms with van der Waals surface area (Å²) in [6.45, 7) is 7.58. The number of carbonyl (C=O) groups is 1. The number of anilines is 1. The second kappa shape index (κ2) is 10.5. The zero-order valence-corrected chi connectivity index (χ0v) is 17.6. The van der Waals surface area contributed by atoms with E-state index in [1.54, 1.807) is 12.4 Å². The van der Waals surface area contributed by atoms with Gasteiger partial charge in [0.05, 0.1) is 6.54 Å². The van der Waals surface area contributed by atoms with E-state index in [4.69, 9.17) is 0 Å². The first-order chi connectivity index (χ1) is 12.3. The van der Waals surface area contributed by atoms with E-state index in [1.807, 2.05) is 6.07 Å². The van der Waals surface area contributed by atoms with Crippen LogP contribution in [-0.2, 0) is 4.79 Å². The zero-order valence-electron chi connectivity index (χ0n) is 15.2. The molecule has 0 atom stereocenters. The van der Waals surface area contributed by atoms with Gasteiger partial charge in [0.1, 0.15) is 0 Å². The fraction of sp³-hybridized carbons (Fsp3) is 0.647. The van der Waals surface area contributed by atoms with Crippen molar-refractivity contribution in [2.45, 2.75) is 19.8 Å². The summed E-state index contributed by atoms with van der Waals surface area (Å²) >= 11 is 0. The van der Waals surface area contributed by atoms with Crippen molar-refractivity contribution < 1.29 is 4.79 Å². The van der Waals surface area contributed by atoms with E-state index in [-0.39, 0.29) is 35.8 Å². The Bertz CT molecular complexity index is 586. The van der Waals surface area contributed by atoms with Crippen LogP contribution in [0.5, 0.6) is 0 Å². The molecule has 8 nitrogen and oxygen atoms in total. The van der Waals surface area contributed by atoms with Crippen molar-refractivity contribution in [3.05, 3.63) is 18.5 Å². The molecule has 2 heterocycles. The van der Waals surface area contributed by atoms with E-state index in [0.717, 1.165) is 57.5 Å². The van der Waals surface area contributed by atoms with Crippen molar-refractivity contribution in [1.29, 1.82) is 0 Å². The van der Waals surface area contributed by atoms with Gasteiger partial charge in [-0.25, -0.2) is 9.97 Å². The summed E-state index contributed by atoms with van der Waals surface area (Å²) in [5, 5.41) is 6.30. The van der Waals surface area contributed by atoms with Gasteiger partial charge in [0.15, 0.2) is 5.96 Å². The molecule has 1 aliphatic heterocycles. The predicted molar refractivity (Wildman–Crippen MR) is 113 cm³/mol. The molecule has 26 heavy (non-hydrogen) atoms. The summed E-state index contributed by atoms with van der Waals surface area (Å²) in [6.07, 6.45) is 5.62. The van der Waals surface area contributed by atoms with E-state index in [9.17, 15) is 4.79 Å². The zero-order chi connectivity index (χ0) is 17.5. The average molecular weight is 473 g/mol. The number of aromatic nitrogens is 2. The van der Waals surface area contributed by atoms with Crippen LogP contribution in [0.25, 0.3) is 0 Å². The first-order valence-electron chi connectivity index (χ1n) is 9.11. The monoisotopic (exact) mass is 473 g/mol. The van der Waals surface area contributed by atoms with Gasteiger partial charge >= 0.3 is 0 Å². The predicted octanol–water partition coefficient (Wildman–Crippen LogP) is 0.708. The third-order valence-electron chi connectivity index (χ3n) is 4.37. The summed E-state index contributed by atoms with van der Waals surface area (Å²) < 4.78 is 0. The molecule has 1 aromatic heterocycles. The van der Waals surface area contributed by atoms with E-state index in [0.29, 0.717) is 13.1 Å². The smallest absolute Gasteiger partial charge is 0.225 e. The molecular weight excluding hydrogens is 445 g/mol. The Labute approximate surface area is 171 Å². The summed E-state index contributed by atoms with van der Waals surface area (Å²) in [6, 6.07) is 1.83. The molecule has 1 amide bonds. The summed E-state index contributed by atoms with van der Waals surface area (Å²) in [4.78, 5) is 29.4. The quantitative estimate of drug-likeness (QED) is 0.274. The molecule has 0 spiro atoms. The highest BCUT2D eigenvalue weighted by atomic mass is 127. The third kappa shape index (κ3) is 5.96. The fourth-order valence-corrected chi connectivity index (χ4v) is 2.83. The van der Waals surface area contributed by atoms with Crippen LogP contribution < -0.4 is 15.5 Å². The molecule has 0 bridgehead atoms.